The van der Waals surface area contributed by atoms with E-state index in [4.69, 9.17) is 16.3 Å². The maximum atomic E-state index is 5.92. The van der Waals surface area contributed by atoms with Crippen LogP contribution >= 0.6 is 11.6 Å². The maximum Gasteiger partial charge on any atom is 0.158 e. The molecule has 0 fully saturated rings. The van der Waals surface area contributed by atoms with Crippen LogP contribution in [-0.4, -0.2) is 33.4 Å². The van der Waals surface area contributed by atoms with E-state index in [0.717, 1.165) is 19.5 Å². The lowest BCUT2D eigenvalue weighted by Crippen LogP contribution is -2.09. The number of methoxy groups -OCH3 is 1. The average molecular weight is 282 g/mol. The molecule has 0 unspecified atom stereocenters. The highest BCUT2D eigenvalue weighted by molar-refractivity contribution is 6.29. The molecule has 1 N–H and O–H groups in total. The van der Waals surface area contributed by atoms with Gasteiger partial charge in [-0.15, -0.1) is 0 Å². The van der Waals surface area contributed by atoms with Gasteiger partial charge in [-0.25, -0.2) is 9.97 Å². The van der Waals surface area contributed by atoms with E-state index in [2.05, 4.69) is 20.4 Å². The summed E-state index contributed by atoms with van der Waals surface area (Å²) in [6.07, 6.45) is 4.66. The number of aryl methyl sites for hydroxylation is 1. The van der Waals surface area contributed by atoms with Crippen LogP contribution in [-0.2, 0) is 17.9 Å². The van der Waals surface area contributed by atoms with Crippen molar-refractivity contribution in [1.29, 1.82) is 0 Å². The minimum Gasteiger partial charge on any atom is -0.377 e. The standard InChI is InChI=1S/C12H16ClN5O/c1-19-9-12-16-10(13)8-11(17-12)14-4-2-6-18-7-3-5-15-18/h3,5,7-8H,2,4,6,9H2,1H3,(H,14,16,17). The van der Waals surface area contributed by atoms with Crippen molar-refractivity contribution in [1.82, 2.24) is 19.7 Å². The maximum absolute atomic E-state index is 5.92. The summed E-state index contributed by atoms with van der Waals surface area (Å²) in [4.78, 5) is 8.37. The summed E-state index contributed by atoms with van der Waals surface area (Å²) in [5.74, 6) is 1.29. The molecule has 0 radical (unpaired) electrons. The molecule has 2 heterocycles. The minimum atomic E-state index is 0.350. The molecule has 102 valence electrons. The fraction of sp³-hybridized carbons (Fsp3) is 0.417. The Labute approximate surface area is 116 Å². The Kier molecular flexibility index (Phi) is 5.11. The van der Waals surface area contributed by atoms with Crippen LogP contribution < -0.4 is 5.32 Å². The molecule has 0 saturated heterocycles. The Bertz CT molecular complexity index is 503. The fourth-order valence-electron chi connectivity index (χ4n) is 1.64. The lowest BCUT2D eigenvalue weighted by Gasteiger charge is -2.07. The Balaban J connectivity index is 1.81. The third-order valence-electron chi connectivity index (χ3n) is 2.44. The highest BCUT2D eigenvalue weighted by Gasteiger charge is 2.02. The van der Waals surface area contributed by atoms with E-state index in [1.165, 1.54) is 0 Å². The van der Waals surface area contributed by atoms with Gasteiger partial charge in [-0.1, -0.05) is 11.6 Å². The Morgan fingerprint density at radius 3 is 3.05 bits per heavy atom. The van der Waals surface area contributed by atoms with E-state index in [1.54, 1.807) is 19.4 Å². The molecule has 0 amide bonds. The largest absolute Gasteiger partial charge is 0.377 e. The highest BCUT2D eigenvalue weighted by Crippen LogP contribution is 2.12. The van der Waals surface area contributed by atoms with Gasteiger partial charge in [-0.2, -0.15) is 5.10 Å². The summed E-state index contributed by atoms with van der Waals surface area (Å²) in [5, 5.41) is 7.77. The van der Waals surface area contributed by atoms with Crippen LogP contribution in [0.1, 0.15) is 12.2 Å². The van der Waals surface area contributed by atoms with Crippen molar-refractivity contribution < 1.29 is 4.74 Å². The molecule has 7 heteroatoms. The third kappa shape index (κ3) is 4.50. The van der Waals surface area contributed by atoms with E-state index in [-0.39, 0.29) is 0 Å². The van der Waals surface area contributed by atoms with Gasteiger partial charge in [0.15, 0.2) is 5.82 Å². The van der Waals surface area contributed by atoms with E-state index in [9.17, 15) is 0 Å². The van der Waals surface area contributed by atoms with Crippen LogP contribution in [0.4, 0.5) is 5.82 Å². The quantitative estimate of drug-likeness (QED) is 0.621. The van der Waals surface area contributed by atoms with Crippen molar-refractivity contribution in [2.75, 3.05) is 19.0 Å². The Morgan fingerprint density at radius 2 is 2.32 bits per heavy atom. The van der Waals surface area contributed by atoms with Crippen molar-refractivity contribution >= 4 is 17.4 Å². The molecule has 6 nitrogen and oxygen atoms in total. The minimum absolute atomic E-state index is 0.350. The van der Waals surface area contributed by atoms with Crippen LogP contribution in [0.25, 0.3) is 0 Å². The van der Waals surface area contributed by atoms with Crippen LogP contribution in [0.3, 0.4) is 0 Å². The second kappa shape index (κ2) is 7.06. The molecule has 0 saturated carbocycles. The van der Waals surface area contributed by atoms with E-state index in [0.29, 0.717) is 23.4 Å². The number of rotatable bonds is 7. The first-order valence-corrected chi connectivity index (χ1v) is 6.39. The number of nitrogens with one attached hydrogen (secondary N) is 1. The van der Waals surface area contributed by atoms with Crippen LogP contribution in [0.15, 0.2) is 24.5 Å². The zero-order chi connectivity index (χ0) is 13.5. The lowest BCUT2D eigenvalue weighted by atomic mass is 10.4. The molecule has 0 aliphatic heterocycles. The van der Waals surface area contributed by atoms with Crippen LogP contribution in [0, 0.1) is 0 Å². The topological polar surface area (TPSA) is 64.9 Å². The zero-order valence-electron chi connectivity index (χ0n) is 10.7. The van der Waals surface area contributed by atoms with E-state index >= 15 is 0 Å². The first-order valence-electron chi connectivity index (χ1n) is 6.01. The summed E-state index contributed by atoms with van der Waals surface area (Å²) in [6.45, 7) is 2.01. The van der Waals surface area contributed by atoms with E-state index < -0.39 is 0 Å². The second-order valence-corrected chi connectivity index (χ2v) is 4.36. The average Bonchev–Trinajstić information content (AvgIpc) is 2.87. The van der Waals surface area contributed by atoms with Crippen molar-refractivity contribution in [3.63, 3.8) is 0 Å². The van der Waals surface area contributed by atoms with Gasteiger partial charge >= 0.3 is 0 Å². The molecule has 2 aromatic heterocycles. The van der Waals surface area contributed by atoms with Gasteiger partial charge in [-0.05, 0) is 12.5 Å². The molecular weight excluding hydrogens is 266 g/mol. The predicted octanol–water partition coefficient (Wildman–Crippen LogP) is 1.98. The number of anilines is 1. The van der Waals surface area contributed by atoms with Gasteiger partial charge in [0, 0.05) is 38.7 Å². The van der Waals surface area contributed by atoms with Gasteiger partial charge in [0.1, 0.15) is 17.6 Å². The van der Waals surface area contributed by atoms with Gasteiger partial charge in [0.25, 0.3) is 0 Å². The van der Waals surface area contributed by atoms with Crippen molar-refractivity contribution in [3.05, 3.63) is 35.5 Å². The molecule has 0 aromatic carbocycles. The first-order chi connectivity index (χ1) is 9.28. The van der Waals surface area contributed by atoms with Crippen LogP contribution in [0.2, 0.25) is 5.15 Å². The third-order valence-corrected chi connectivity index (χ3v) is 2.64. The van der Waals surface area contributed by atoms with Crippen molar-refractivity contribution in [3.8, 4) is 0 Å². The SMILES string of the molecule is COCc1nc(Cl)cc(NCCCn2cccn2)n1. The predicted molar refractivity (Wildman–Crippen MR) is 73.1 cm³/mol. The summed E-state index contributed by atoms with van der Waals surface area (Å²) in [5.41, 5.74) is 0. The molecule has 2 rings (SSSR count). The molecule has 19 heavy (non-hydrogen) atoms. The molecule has 0 aliphatic rings. The number of hydrogen-bond acceptors (Lipinski definition) is 5. The molecule has 2 aromatic rings. The second-order valence-electron chi connectivity index (χ2n) is 3.97. The molecule has 0 aliphatic carbocycles. The summed E-state index contributed by atoms with van der Waals surface area (Å²) < 4.78 is 6.88. The van der Waals surface area contributed by atoms with E-state index in [1.807, 2.05) is 16.9 Å². The molecule has 0 spiro atoms. The summed E-state index contributed by atoms with van der Waals surface area (Å²) in [6, 6.07) is 3.61. The number of halogens is 1. The zero-order valence-corrected chi connectivity index (χ0v) is 11.5. The van der Waals surface area contributed by atoms with Crippen molar-refractivity contribution in [2.45, 2.75) is 19.6 Å². The lowest BCUT2D eigenvalue weighted by molar-refractivity contribution is 0.178. The normalized spacial score (nSPS) is 10.6. The van der Waals surface area contributed by atoms with Gasteiger partial charge < -0.3 is 10.1 Å². The number of aromatic nitrogens is 4. The van der Waals surface area contributed by atoms with Crippen molar-refractivity contribution in [2.24, 2.45) is 0 Å². The highest BCUT2D eigenvalue weighted by atomic mass is 35.5. The fourth-order valence-corrected chi connectivity index (χ4v) is 1.84. The Morgan fingerprint density at radius 1 is 1.42 bits per heavy atom. The molecule has 0 bridgehead atoms. The van der Waals surface area contributed by atoms with Gasteiger partial charge in [-0.3, -0.25) is 4.68 Å². The van der Waals surface area contributed by atoms with Crippen LogP contribution in [0.5, 0.6) is 0 Å². The monoisotopic (exact) mass is 281 g/mol. The number of ether oxygens (including phenoxy) is 1. The summed E-state index contributed by atoms with van der Waals surface area (Å²) in [7, 11) is 1.60. The Hall–Kier alpha value is -1.66. The molecular formula is C12H16ClN5O. The summed E-state index contributed by atoms with van der Waals surface area (Å²) >= 11 is 5.92. The smallest absolute Gasteiger partial charge is 0.158 e. The van der Waals surface area contributed by atoms with Gasteiger partial charge in [0.05, 0.1) is 0 Å². The first kappa shape index (κ1) is 13.8. The number of hydrogen-bond donors (Lipinski definition) is 1. The molecule has 0 atom stereocenters. The number of nitrogens with zero attached hydrogens (tertiary/aromatic N) is 4. The van der Waals surface area contributed by atoms with Gasteiger partial charge in [0.2, 0.25) is 0 Å².